The van der Waals surface area contributed by atoms with E-state index in [0.717, 1.165) is 76.5 Å². The molecule has 0 bridgehead atoms. The van der Waals surface area contributed by atoms with Gasteiger partial charge in [0, 0.05) is 76.1 Å². The van der Waals surface area contributed by atoms with E-state index in [9.17, 15) is 4.79 Å². The number of piperidine rings is 1. The molecule has 42 heavy (non-hydrogen) atoms. The number of morpholine rings is 1. The molecule has 1 amide bonds. The largest absolute Gasteiger partial charge is 0.493 e. The molecule has 5 heterocycles. The lowest BCUT2D eigenvalue weighted by molar-refractivity contribution is -0.127. The number of likely N-dealkylation sites (tertiary alicyclic amines) is 1. The molecule has 13 nitrogen and oxygen atoms in total. The first kappa shape index (κ1) is 28.3. The molecule has 6 rings (SSSR count). The van der Waals surface area contributed by atoms with E-state index in [0.29, 0.717) is 60.1 Å². The fourth-order valence-electron chi connectivity index (χ4n) is 6.16. The monoisotopic (exact) mass is 580 g/mol. The Morgan fingerprint density at radius 1 is 0.952 bits per heavy atom. The maximum Gasteiger partial charge on any atom is 0.229 e. The maximum atomic E-state index is 12.2. The fraction of sp³-hybridized carbons (Fsp3) is 0.586. The van der Waals surface area contributed by atoms with E-state index in [1.54, 1.807) is 27.7 Å². The maximum absolute atomic E-state index is 12.2. The van der Waals surface area contributed by atoms with Gasteiger partial charge >= 0.3 is 0 Å². The number of nitrogens with one attached hydrogen (secondary N) is 1. The lowest BCUT2D eigenvalue weighted by Crippen LogP contribution is -2.49. The van der Waals surface area contributed by atoms with E-state index in [-0.39, 0.29) is 5.91 Å². The van der Waals surface area contributed by atoms with Crippen LogP contribution >= 0.6 is 0 Å². The molecule has 0 atom stereocenters. The fourth-order valence-corrected chi connectivity index (χ4v) is 6.16. The van der Waals surface area contributed by atoms with Gasteiger partial charge in [-0.1, -0.05) is 0 Å². The highest BCUT2D eigenvalue weighted by molar-refractivity contribution is 5.87. The van der Waals surface area contributed by atoms with E-state index >= 15 is 0 Å². The average molecular weight is 581 g/mol. The van der Waals surface area contributed by atoms with E-state index in [1.165, 1.54) is 0 Å². The summed E-state index contributed by atoms with van der Waals surface area (Å²) in [4.78, 5) is 33.7. The van der Waals surface area contributed by atoms with Crippen molar-refractivity contribution in [3.05, 3.63) is 18.5 Å². The van der Waals surface area contributed by atoms with Crippen LogP contribution in [0.4, 0.5) is 17.5 Å². The smallest absolute Gasteiger partial charge is 0.229 e. The Kier molecular flexibility index (Phi) is 8.47. The van der Waals surface area contributed by atoms with Crippen molar-refractivity contribution in [3.63, 3.8) is 0 Å². The summed E-state index contributed by atoms with van der Waals surface area (Å²) >= 11 is 0. The zero-order valence-corrected chi connectivity index (χ0v) is 24.7. The van der Waals surface area contributed by atoms with Gasteiger partial charge in [0.05, 0.1) is 40.9 Å². The van der Waals surface area contributed by atoms with Gasteiger partial charge in [-0.05, 0) is 19.3 Å². The third-order valence-corrected chi connectivity index (χ3v) is 8.47. The van der Waals surface area contributed by atoms with Crippen molar-refractivity contribution < 1.29 is 23.7 Å². The molecular weight excluding hydrogens is 540 g/mol. The van der Waals surface area contributed by atoms with Crippen molar-refractivity contribution >= 4 is 34.5 Å². The van der Waals surface area contributed by atoms with Crippen LogP contribution in [0.1, 0.15) is 25.7 Å². The molecule has 3 aliphatic heterocycles. The zero-order chi connectivity index (χ0) is 29.1. The number of benzene rings is 1. The molecule has 3 aromatic rings. The summed E-state index contributed by atoms with van der Waals surface area (Å²) in [7, 11) is 4.77. The Hall–Kier alpha value is -3.84. The number of nitrogens with zero attached hydrogens (tertiary/aromatic N) is 7. The second-order valence-corrected chi connectivity index (χ2v) is 10.9. The van der Waals surface area contributed by atoms with Gasteiger partial charge in [-0.15, -0.1) is 0 Å². The Bertz CT molecular complexity index is 1380. The molecule has 1 aromatic carbocycles. The summed E-state index contributed by atoms with van der Waals surface area (Å²) in [5, 5.41) is 3.45. The highest BCUT2D eigenvalue weighted by Gasteiger charge is 2.28. The number of amides is 1. The van der Waals surface area contributed by atoms with Gasteiger partial charge in [-0.3, -0.25) is 9.69 Å². The average Bonchev–Trinajstić information content (AvgIpc) is 3.65. The number of hydrogen-bond acceptors (Lipinski definition) is 11. The Morgan fingerprint density at radius 3 is 2.33 bits per heavy atom. The van der Waals surface area contributed by atoms with Crippen LogP contribution in [0.2, 0.25) is 0 Å². The van der Waals surface area contributed by atoms with Crippen LogP contribution in [0.15, 0.2) is 18.5 Å². The Balaban J connectivity index is 1.30. The van der Waals surface area contributed by atoms with Crippen molar-refractivity contribution in [2.45, 2.75) is 38.3 Å². The number of aromatic nitrogens is 4. The lowest BCUT2D eigenvalue weighted by Gasteiger charge is -2.40. The molecule has 3 fully saturated rings. The standard InChI is InChI=1S/C29H40N8O5/c1-39-22-17-20(18-23(40-2)26(22)41-3)31-27-25-28(37(19-30-25)12-11-35-8-4-5-24(35)38)33-29(32-27)36-9-6-21(7-10-36)34-13-15-42-16-14-34/h17-19,21H,4-16H2,1-3H3,(H,31,32,33). The minimum absolute atomic E-state index is 0.211. The van der Waals surface area contributed by atoms with E-state index in [4.69, 9.17) is 33.9 Å². The van der Waals surface area contributed by atoms with Crippen LogP contribution in [0.25, 0.3) is 11.2 Å². The normalized spacial score (nSPS) is 18.6. The Morgan fingerprint density at radius 2 is 1.69 bits per heavy atom. The van der Waals surface area contributed by atoms with Gasteiger partial charge in [0.1, 0.15) is 0 Å². The number of anilines is 3. The number of imidazole rings is 1. The van der Waals surface area contributed by atoms with E-state index < -0.39 is 0 Å². The van der Waals surface area contributed by atoms with Crippen molar-refractivity contribution in [2.24, 2.45) is 0 Å². The van der Waals surface area contributed by atoms with Crippen molar-refractivity contribution in [2.75, 3.05) is 84.0 Å². The van der Waals surface area contributed by atoms with Crippen LogP contribution in [0.5, 0.6) is 17.2 Å². The van der Waals surface area contributed by atoms with Gasteiger partial charge < -0.3 is 38.6 Å². The first-order chi connectivity index (χ1) is 20.6. The number of hydrogen-bond donors (Lipinski definition) is 1. The minimum atomic E-state index is 0.211. The van der Waals surface area contributed by atoms with Crippen LogP contribution in [-0.4, -0.2) is 115 Å². The van der Waals surface area contributed by atoms with Gasteiger partial charge in [0.15, 0.2) is 28.5 Å². The molecule has 0 spiro atoms. The zero-order valence-electron chi connectivity index (χ0n) is 24.7. The molecule has 0 unspecified atom stereocenters. The number of carbonyl (C=O) groups is 1. The molecule has 3 aliphatic rings. The van der Waals surface area contributed by atoms with Gasteiger partial charge in [-0.25, -0.2) is 4.98 Å². The van der Waals surface area contributed by atoms with Crippen molar-refractivity contribution in [3.8, 4) is 17.2 Å². The number of methoxy groups -OCH3 is 3. The van der Waals surface area contributed by atoms with Crippen LogP contribution in [0.3, 0.4) is 0 Å². The molecule has 0 aliphatic carbocycles. The van der Waals surface area contributed by atoms with Gasteiger partial charge in [0.25, 0.3) is 0 Å². The molecular formula is C29H40N8O5. The quantitative estimate of drug-likeness (QED) is 0.381. The van der Waals surface area contributed by atoms with Crippen molar-refractivity contribution in [1.82, 2.24) is 29.3 Å². The van der Waals surface area contributed by atoms with Gasteiger partial charge in [0.2, 0.25) is 17.6 Å². The molecule has 13 heteroatoms. The van der Waals surface area contributed by atoms with Crippen LogP contribution in [-0.2, 0) is 16.1 Å². The molecule has 0 radical (unpaired) electrons. The SMILES string of the molecule is COc1cc(Nc2nc(N3CCC(N4CCOCC4)CC3)nc3c2ncn3CCN2CCCC2=O)cc(OC)c1OC. The highest BCUT2D eigenvalue weighted by atomic mass is 16.5. The second-order valence-electron chi connectivity index (χ2n) is 10.9. The van der Waals surface area contributed by atoms with Crippen molar-refractivity contribution in [1.29, 1.82) is 0 Å². The highest BCUT2D eigenvalue weighted by Crippen LogP contribution is 2.41. The third kappa shape index (κ3) is 5.75. The third-order valence-electron chi connectivity index (χ3n) is 8.47. The van der Waals surface area contributed by atoms with E-state index in [1.807, 2.05) is 21.6 Å². The van der Waals surface area contributed by atoms with Gasteiger partial charge in [-0.2, -0.15) is 9.97 Å². The summed E-state index contributed by atoms with van der Waals surface area (Å²) in [5.41, 5.74) is 2.11. The topological polar surface area (TPSA) is 119 Å². The lowest BCUT2D eigenvalue weighted by atomic mass is 10.0. The molecule has 226 valence electrons. The number of ether oxygens (including phenoxy) is 4. The number of rotatable bonds is 10. The van der Waals surface area contributed by atoms with Crippen LogP contribution < -0.4 is 24.4 Å². The Labute approximate surface area is 245 Å². The summed E-state index contributed by atoms with van der Waals surface area (Å²) < 4.78 is 24.2. The molecule has 0 saturated carbocycles. The summed E-state index contributed by atoms with van der Waals surface area (Å²) in [6.45, 7) is 7.39. The molecule has 1 N–H and O–H groups in total. The van der Waals surface area contributed by atoms with Crippen LogP contribution in [0, 0.1) is 0 Å². The summed E-state index contributed by atoms with van der Waals surface area (Å²) in [6, 6.07) is 4.24. The summed E-state index contributed by atoms with van der Waals surface area (Å²) in [5.74, 6) is 3.06. The number of fused-ring (bicyclic) bond motifs is 1. The molecule has 3 saturated heterocycles. The predicted molar refractivity (Wildman–Crippen MR) is 158 cm³/mol. The summed E-state index contributed by atoms with van der Waals surface area (Å²) in [6.07, 6.45) is 5.43. The first-order valence-corrected chi connectivity index (χ1v) is 14.7. The predicted octanol–water partition coefficient (Wildman–Crippen LogP) is 2.52. The number of carbonyl (C=O) groups excluding carboxylic acids is 1. The second kappa shape index (κ2) is 12.6. The molecule has 2 aromatic heterocycles. The first-order valence-electron chi connectivity index (χ1n) is 14.7. The minimum Gasteiger partial charge on any atom is -0.493 e. The van der Waals surface area contributed by atoms with E-state index in [2.05, 4.69) is 15.1 Å².